The fraction of sp³-hybridized carbons (Fsp3) is 0.417. The molecule has 0 fully saturated rings. The second-order valence-corrected chi connectivity index (χ2v) is 5.01. The normalized spacial score (nSPS) is 24.3. The van der Waals surface area contributed by atoms with E-state index in [4.69, 9.17) is 0 Å². The van der Waals surface area contributed by atoms with Gasteiger partial charge >= 0.3 is 0 Å². The van der Waals surface area contributed by atoms with Gasteiger partial charge in [-0.05, 0) is 30.7 Å². The maximum absolute atomic E-state index is 11.7. The van der Waals surface area contributed by atoms with E-state index in [-0.39, 0.29) is 5.91 Å². The van der Waals surface area contributed by atoms with Gasteiger partial charge in [0, 0.05) is 0 Å². The summed E-state index contributed by atoms with van der Waals surface area (Å²) in [4.78, 5) is 12.3. The Labute approximate surface area is 98.8 Å². The predicted molar refractivity (Wildman–Crippen MR) is 64.6 cm³/mol. The lowest BCUT2D eigenvalue weighted by atomic mass is 9.91. The van der Waals surface area contributed by atoms with Gasteiger partial charge in [-0.15, -0.1) is 11.3 Å². The van der Waals surface area contributed by atoms with Crippen molar-refractivity contribution in [2.45, 2.75) is 24.9 Å². The van der Waals surface area contributed by atoms with E-state index in [2.05, 4.69) is 5.32 Å². The summed E-state index contributed by atoms with van der Waals surface area (Å²) < 4.78 is 0. The third kappa shape index (κ3) is 2.71. The Morgan fingerprint density at radius 2 is 2.50 bits per heavy atom. The summed E-state index contributed by atoms with van der Waals surface area (Å²) in [6.45, 7) is 0.292. The van der Waals surface area contributed by atoms with Crippen molar-refractivity contribution in [2.75, 3.05) is 6.54 Å². The van der Waals surface area contributed by atoms with Gasteiger partial charge in [-0.1, -0.05) is 18.2 Å². The van der Waals surface area contributed by atoms with Crippen LogP contribution in [0.2, 0.25) is 0 Å². The topological polar surface area (TPSA) is 49.3 Å². The number of rotatable bonds is 3. The number of hydrogen-bond donors (Lipinski definition) is 2. The first-order valence-electron chi connectivity index (χ1n) is 5.41. The van der Waals surface area contributed by atoms with Gasteiger partial charge in [-0.2, -0.15) is 0 Å². The zero-order chi connectivity index (χ0) is 11.4. The van der Waals surface area contributed by atoms with Crippen molar-refractivity contribution in [2.24, 2.45) is 0 Å². The second-order valence-electron chi connectivity index (χ2n) is 4.06. The number of aliphatic hydroxyl groups is 1. The van der Waals surface area contributed by atoms with Crippen LogP contribution in [0.5, 0.6) is 0 Å². The van der Waals surface area contributed by atoms with Crippen molar-refractivity contribution >= 4 is 17.2 Å². The minimum atomic E-state index is -0.856. The molecule has 1 amide bonds. The standard InChI is InChI=1S/C12H15NO2S/c14-11(10-5-4-8-16-10)13-9-12(15)6-2-1-3-7-12/h2,4-6,8,15H,1,3,7,9H2,(H,13,14)/t12-/m1/s1. The van der Waals surface area contributed by atoms with Crippen LogP contribution in [0, 0.1) is 0 Å². The zero-order valence-corrected chi connectivity index (χ0v) is 9.80. The first-order chi connectivity index (χ1) is 7.70. The van der Waals surface area contributed by atoms with E-state index in [0.717, 1.165) is 12.8 Å². The number of nitrogens with one attached hydrogen (secondary N) is 1. The molecule has 1 aromatic heterocycles. The molecule has 1 atom stereocenters. The van der Waals surface area contributed by atoms with Gasteiger partial charge < -0.3 is 10.4 Å². The summed E-state index contributed by atoms with van der Waals surface area (Å²) in [7, 11) is 0. The highest BCUT2D eigenvalue weighted by Crippen LogP contribution is 2.21. The number of carbonyl (C=O) groups excluding carboxylic acids is 1. The minimum Gasteiger partial charge on any atom is -0.384 e. The molecule has 3 nitrogen and oxygen atoms in total. The number of carbonyl (C=O) groups is 1. The fourth-order valence-corrected chi connectivity index (χ4v) is 2.43. The number of allylic oxidation sites excluding steroid dienone is 1. The van der Waals surface area contributed by atoms with Crippen LogP contribution in [0.1, 0.15) is 28.9 Å². The minimum absolute atomic E-state index is 0.109. The largest absolute Gasteiger partial charge is 0.384 e. The van der Waals surface area contributed by atoms with E-state index in [1.165, 1.54) is 11.3 Å². The average molecular weight is 237 g/mol. The molecule has 0 aromatic carbocycles. The molecule has 2 rings (SSSR count). The van der Waals surface area contributed by atoms with Gasteiger partial charge in [0.1, 0.15) is 0 Å². The molecule has 1 aliphatic rings. The van der Waals surface area contributed by atoms with Crippen molar-refractivity contribution in [1.29, 1.82) is 0 Å². The van der Waals surface area contributed by atoms with Crippen LogP contribution in [0.4, 0.5) is 0 Å². The predicted octanol–water partition coefficient (Wildman–Crippen LogP) is 1.95. The first-order valence-corrected chi connectivity index (χ1v) is 6.29. The lowest BCUT2D eigenvalue weighted by molar-refractivity contribution is 0.0662. The van der Waals surface area contributed by atoms with Crippen LogP contribution in [-0.4, -0.2) is 23.2 Å². The Kier molecular flexibility index (Phi) is 3.41. The van der Waals surface area contributed by atoms with Crippen molar-refractivity contribution in [1.82, 2.24) is 5.32 Å². The summed E-state index contributed by atoms with van der Waals surface area (Å²) in [6, 6.07) is 3.62. The lowest BCUT2D eigenvalue weighted by Crippen LogP contribution is -2.42. The maximum atomic E-state index is 11.7. The van der Waals surface area contributed by atoms with Gasteiger partial charge in [-0.3, -0.25) is 4.79 Å². The van der Waals surface area contributed by atoms with Crippen molar-refractivity contribution in [3.63, 3.8) is 0 Å². The van der Waals surface area contributed by atoms with Gasteiger partial charge in [0.25, 0.3) is 5.91 Å². The first kappa shape index (κ1) is 11.4. The number of thiophene rings is 1. The summed E-state index contributed by atoms with van der Waals surface area (Å²) in [6.07, 6.45) is 6.48. The molecular weight excluding hydrogens is 222 g/mol. The summed E-state index contributed by atoms with van der Waals surface area (Å²) in [5.74, 6) is -0.109. The molecule has 0 bridgehead atoms. The van der Waals surface area contributed by atoms with E-state index >= 15 is 0 Å². The second kappa shape index (κ2) is 4.80. The van der Waals surface area contributed by atoms with Gasteiger partial charge in [0.05, 0.1) is 17.0 Å². The quantitative estimate of drug-likeness (QED) is 0.789. The summed E-state index contributed by atoms with van der Waals surface area (Å²) in [5, 5.41) is 14.8. The third-order valence-electron chi connectivity index (χ3n) is 2.71. The van der Waals surface area contributed by atoms with E-state index in [1.807, 2.05) is 17.5 Å². The molecule has 2 N–H and O–H groups in total. The van der Waals surface area contributed by atoms with Gasteiger partial charge in [0.15, 0.2) is 0 Å². The lowest BCUT2D eigenvalue weighted by Gasteiger charge is -2.27. The molecule has 1 aromatic rings. The van der Waals surface area contributed by atoms with Crippen molar-refractivity contribution in [3.8, 4) is 0 Å². The van der Waals surface area contributed by atoms with Crippen LogP contribution in [0.3, 0.4) is 0 Å². The molecule has 0 spiro atoms. The van der Waals surface area contributed by atoms with Crippen LogP contribution in [0.15, 0.2) is 29.7 Å². The molecule has 16 heavy (non-hydrogen) atoms. The van der Waals surface area contributed by atoms with E-state index in [0.29, 0.717) is 17.8 Å². The summed E-state index contributed by atoms with van der Waals surface area (Å²) in [5.41, 5.74) is -0.856. The maximum Gasteiger partial charge on any atom is 0.261 e. The van der Waals surface area contributed by atoms with Crippen LogP contribution >= 0.6 is 11.3 Å². The summed E-state index contributed by atoms with van der Waals surface area (Å²) >= 11 is 1.40. The molecule has 86 valence electrons. The highest BCUT2D eigenvalue weighted by Gasteiger charge is 2.25. The van der Waals surface area contributed by atoms with Gasteiger partial charge in [-0.25, -0.2) is 0 Å². The van der Waals surface area contributed by atoms with Gasteiger partial charge in [0.2, 0.25) is 0 Å². The molecule has 0 saturated carbocycles. The Hall–Kier alpha value is -1.13. The van der Waals surface area contributed by atoms with Crippen LogP contribution < -0.4 is 5.32 Å². The smallest absolute Gasteiger partial charge is 0.261 e. The van der Waals surface area contributed by atoms with Crippen LogP contribution in [-0.2, 0) is 0 Å². The average Bonchev–Trinajstić information content (AvgIpc) is 2.80. The Balaban J connectivity index is 1.90. The van der Waals surface area contributed by atoms with Crippen molar-refractivity contribution < 1.29 is 9.90 Å². The Bertz CT molecular complexity index is 386. The Morgan fingerprint density at radius 1 is 1.62 bits per heavy atom. The number of hydrogen-bond acceptors (Lipinski definition) is 3. The van der Waals surface area contributed by atoms with Crippen molar-refractivity contribution in [3.05, 3.63) is 34.5 Å². The SMILES string of the molecule is O=C(NC[C@@]1(O)C=CCCC1)c1cccs1. The molecule has 0 aliphatic heterocycles. The van der Waals surface area contributed by atoms with Crippen LogP contribution in [0.25, 0.3) is 0 Å². The number of amides is 1. The molecule has 1 heterocycles. The van der Waals surface area contributed by atoms with E-state index in [9.17, 15) is 9.90 Å². The highest BCUT2D eigenvalue weighted by atomic mass is 32.1. The molecular formula is C12H15NO2S. The molecule has 0 unspecified atom stereocenters. The molecule has 0 saturated heterocycles. The third-order valence-corrected chi connectivity index (χ3v) is 3.58. The Morgan fingerprint density at radius 3 is 3.12 bits per heavy atom. The molecule has 1 aliphatic carbocycles. The monoisotopic (exact) mass is 237 g/mol. The highest BCUT2D eigenvalue weighted by molar-refractivity contribution is 7.12. The fourth-order valence-electron chi connectivity index (χ4n) is 1.79. The molecule has 4 heteroatoms. The van der Waals surface area contributed by atoms with E-state index < -0.39 is 5.60 Å². The molecule has 0 radical (unpaired) electrons. The zero-order valence-electron chi connectivity index (χ0n) is 8.98. The van der Waals surface area contributed by atoms with E-state index in [1.54, 1.807) is 12.1 Å².